The van der Waals surface area contributed by atoms with Gasteiger partial charge in [0.2, 0.25) is 5.91 Å². The fraction of sp³-hybridized carbons (Fsp3) is 0.500. The lowest BCUT2D eigenvalue weighted by Crippen LogP contribution is -2.40. The van der Waals surface area contributed by atoms with Crippen molar-refractivity contribution in [1.29, 1.82) is 0 Å². The molecule has 0 bridgehead atoms. The third-order valence-corrected chi connectivity index (χ3v) is 3.83. The first kappa shape index (κ1) is 10.8. The zero-order valence-corrected chi connectivity index (χ0v) is 9.91. The molecule has 3 nitrogen and oxygen atoms in total. The van der Waals surface area contributed by atoms with Gasteiger partial charge >= 0.3 is 0 Å². The van der Waals surface area contributed by atoms with E-state index in [0.29, 0.717) is 6.04 Å². The molecule has 1 saturated heterocycles. The number of fused-ring (bicyclic) bond motifs is 1. The van der Waals surface area contributed by atoms with Gasteiger partial charge in [-0.3, -0.25) is 4.79 Å². The third-order valence-electron chi connectivity index (χ3n) is 3.83. The first-order valence-electron chi connectivity index (χ1n) is 6.41. The lowest BCUT2D eigenvalue weighted by atomic mass is 10.0. The molecule has 0 unspecified atom stereocenters. The van der Waals surface area contributed by atoms with Crippen molar-refractivity contribution in [2.75, 3.05) is 13.1 Å². The maximum atomic E-state index is 12.1. The number of hydrogen-bond acceptors (Lipinski definition) is 2. The SMILES string of the molecule is O=C(N[C@@H]1CCNC1)C1Cc2ccccc2C1. The highest BCUT2D eigenvalue weighted by molar-refractivity contribution is 5.80. The summed E-state index contributed by atoms with van der Waals surface area (Å²) in [4.78, 5) is 12.1. The van der Waals surface area contributed by atoms with E-state index in [2.05, 4.69) is 34.9 Å². The lowest BCUT2D eigenvalue weighted by Gasteiger charge is -2.15. The van der Waals surface area contributed by atoms with E-state index in [0.717, 1.165) is 32.4 Å². The van der Waals surface area contributed by atoms with Crippen LogP contribution < -0.4 is 10.6 Å². The van der Waals surface area contributed by atoms with Gasteiger partial charge in [-0.1, -0.05) is 24.3 Å². The Labute approximate surface area is 102 Å². The molecule has 1 aliphatic carbocycles. The zero-order valence-electron chi connectivity index (χ0n) is 9.91. The topological polar surface area (TPSA) is 41.1 Å². The first-order valence-corrected chi connectivity index (χ1v) is 6.41. The first-order chi connectivity index (χ1) is 8.33. The van der Waals surface area contributed by atoms with Crippen LogP contribution in [0.2, 0.25) is 0 Å². The summed E-state index contributed by atoms with van der Waals surface area (Å²) >= 11 is 0. The van der Waals surface area contributed by atoms with E-state index in [9.17, 15) is 4.79 Å². The lowest BCUT2D eigenvalue weighted by molar-refractivity contribution is -0.125. The molecular weight excluding hydrogens is 212 g/mol. The highest BCUT2D eigenvalue weighted by atomic mass is 16.1. The highest BCUT2D eigenvalue weighted by Crippen LogP contribution is 2.26. The molecule has 0 saturated carbocycles. The van der Waals surface area contributed by atoms with Crippen molar-refractivity contribution >= 4 is 5.91 Å². The molecule has 90 valence electrons. The average molecular weight is 230 g/mol. The Kier molecular flexibility index (Phi) is 2.85. The van der Waals surface area contributed by atoms with Crippen LogP contribution in [0.4, 0.5) is 0 Å². The Morgan fingerprint density at radius 3 is 2.53 bits per heavy atom. The molecule has 0 aromatic heterocycles. The Balaban J connectivity index is 1.62. The minimum Gasteiger partial charge on any atom is -0.352 e. The monoisotopic (exact) mass is 230 g/mol. The van der Waals surface area contributed by atoms with Crippen LogP contribution >= 0.6 is 0 Å². The molecule has 17 heavy (non-hydrogen) atoms. The summed E-state index contributed by atoms with van der Waals surface area (Å²) in [5.74, 6) is 0.378. The van der Waals surface area contributed by atoms with Crippen LogP contribution in [-0.4, -0.2) is 25.0 Å². The van der Waals surface area contributed by atoms with Crippen molar-refractivity contribution in [3.8, 4) is 0 Å². The maximum Gasteiger partial charge on any atom is 0.224 e. The number of hydrogen-bond donors (Lipinski definition) is 2. The average Bonchev–Trinajstić information content (AvgIpc) is 2.96. The molecule has 2 N–H and O–H groups in total. The van der Waals surface area contributed by atoms with Gasteiger partial charge in [0.25, 0.3) is 0 Å². The number of carbonyl (C=O) groups is 1. The van der Waals surface area contributed by atoms with Crippen molar-refractivity contribution in [2.24, 2.45) is 5.92 Å². The number of benzene rings is 1. The summed E-state index contributed by atoms with van der Waals surface area (Å²) in [7, 11) is 0. The molecule has 3 rings (SSSR count). The molecule has 3 heteroatoms. The highest BCUT2D eigenvalue weighted by Gasteiger charge is 2.28. The molecule has 1 aromatic carbocycles. The molecule has 1 fully saturated rings. The molecule has 1 aromatic rings. The van der Waals surface area contributed by atoms with E-state index in [4.69, 9.17) is 0 Å². The van der Waals surface area contributed by atoms with Crippen molar-refractivity contribution in [2.45, 2.75) is 25.3 Å². The quantitative estimate of drug-likeness (QED) is 0.792. The van der Waals surface area contributed by atoms with Crippen molar-refractivity contribution < 1.29 is 4.79 Å². The van der Waals surface area contributed by atoms with Crippen LogP contribution in [-0.2, 0) is 17.6 Å². The number of rotatable bonds is 2. The smallest absolute Gasteiger partial charge is 0.224 e. The van der Waals surface area contributed by atoms with E-state index < -0.39 is 0 Å². The number of nitrogens with one attached hydrogen (secondary N) is 2. The van der Waals surface area contributed by atoms with E-state index in [1.807, 2.05) is 0 Å². The second-order valence-corrected chi connectivity index (χ2v) is 5.07. The molecular formula is C14H18N2O. The predicted molar refractivity (Wildman–Crippen MR) is 66.8 cm³/mol. The van der Waals surface area contributed by atoms with E-state index in [1.54, 1.807) is 0 Å². The standard InChI is InChI=1S/C14H18N2O/c17-14(16-13-5-6-15-9-13)12-7-10-3-1-2-4-11(10)8-12/h1-4,12-13,15H,5-9H2,(H,16,17)/t13-/m1/s1. The second-order valence-electron chi connectivity index (χ2n) is 5.07. The van der Waals surface area contributed by atoms with Crippen molar-refractivity contribution in [3.63, 3.8) is 0 Å². The van der Waals surface area contributed by atoms with Gasteiger partial charge in [0, 0.05) is 18.5 Å². The molecule has 1 heterocycles. The van der Waals surface area contributed by atoms with Gasteiger partial charge < -0.3 is 10.6 Å². The van der Waals surface area contributed by atoms with Crippen LogP contribution in [0.5, 0.6) is 0 Å². The predicted octanol–water partition coefficient (Wildman–Crippen LogP) is 0.879. The molecule has 1 atom stereocenters. The maximum absolute atomic E-state index is 12.1. The van der Waals surface area contributed by atoms with Crippen LogP contribution in [0.25, 0.3) is 0 Å². The van der Waals surface area contributed by atoms with Gasteiger partial charge in [0.05, 0.1) is 0 Å². The van der Waals surface area contributed by atoms with Gasteiger partial charge in [0.1, 0.15) is 0 Å². The Morgan fingerprint density at radius 2 is 1.94 bits per heavy atom. The number of carbonyl (C=O) groups excluding carboxylic acids is 1. The summed E-state index contributed by atoms with van der Waals surface area (Å²) in [6.07, 6.45) is 2.87. The van der Waals surface area contributed by atoms with Crippen LogP contribution in [0.15, 0.2) is 24.3 Å². The van der Waals surface area contributed by atoms with Gasteiger partial charge in [-0.05, 0) is 36.9 Å². The molecule has 0 radical (unpaired) electrons. The van der Waals surface area contributed by atoms with E-state index in [-0.39, 0.29) is 11.8 Å². The van der Waals surface area contributed by atoms with Gasteiger partial charge in [-0.15, -0.1) is 0 Å². The van der Waals surface area contributed by atoms with Gasteiger partial charge in [-0.25, -0.2) is 0 Å². The fourth-order valence-corrected chi connectivity index (χ4v) is 2.84. The van der Waals surface area contributed by atoms with Gasteiger partial charge in [-0.2, -0.15) is 0 Å². The summed E-state index contributed by atoms with van der Waals surface area (Å²) in [6.45, 7) is 1.95. The Bertz CT molecular complexity index is 399. The van der Waals surface area contributed by atoms with E-state index in [1.165, 1.54) is 11.1 Å². The van der Waals surface area contributed by atoms with Crippen molar-refractivity contribution in [3.05, 3.63) is 35.4 Å². The second kappa shape index (κ2) is 4.49. The summed E-state index contributed by atoms with van der Waals surface area (Å²) in [5.41, 5.74) is 2.69. The Hall–Kier alpha value is -1.35. The minimum absolute atomic E-state index is 0.146. The molecule has 2 aliphatic rings. The van der Waals surface area contributed by atoms with Crippen molar-refractivity contribution in [1.82, 2.24) is 10.6 Å². The fourth-order valence-electron chi connectivity index (χ4n) is 2.84. The molecule has 1 aliphatic heterocycles. The number of amides is 1. The largest absolute Gasteiger partial charge is 0.352 e. The van der Waals surface area contributed by atoms with Crippen LogP contribution in [0.3, 0.4) is 0 Å². The summed E-state index contributed by atoms with van der Waals surface area (Å²) < 4.78 is 0. The molecule has 0 spiro atoms. The summed E-state index contributed by atoms with van der Waals surface area (Å²) in [5, 5.41) is 6.42. The van der Waals surface area contributed by atoms with Crippen LogP contribution in [0.1, 0.15) is 17.5 Å². The minimum atomic E-state index is 0.146. The Morgan fingerprint density at radius 1 is 1.24 bits per heavy atom. The van der Waals surface area contributed by atoms with Crippen LogP contribution in [0, 0.1) is 5.92 Å². The third kappa shape index (κ3) is 2.20. The normalized spacial score (nSPS) is 23.6. The van der Waals surface area contributed by atoms with E-state index >= 15 is 0 Å². The zero-order chi connectivity index (χ0) is 11.7. The molecule has 1 amide bonds. The summed E-state index contributed by atoms with van der Waals surface area (Å²) in [6, 6.07) is 8.73. The van der Waals surface area contributed by atoms with Gasteiger partial charge in [0.15, 0.2) is 0 Å².